The van der Waals surface area contributed by atoms with E-state index < -0.39 is 69.6 Å². The van der Waals surface area contributed by atoms with Crippen LogP contribution in [0.15, 0.2) is 109 Å². The quantitative estimate of drug-likeness (QED) is 0.0680. The summed E-state index contributed by atoms with van der Waals surface area (Å²) in [6.45, 7) is 25.0. The van der Waals surface area contributed by atoms with Crippen molar-refractivity contribution in [2.24, 2.45) is 0 Å². The van der Waals surface area contributed by atoms with Crippen LogP contribution < -0.4 is 10.6 Å². The first-order chi connectivity index (χ1) is 41.3. The van der Waals surface area contributed by atoms with Gasteiger partial charge in [0.15, 0.2) is 0 Å². The van der Waals surface area contributed by atoms with Gasteiger partial charge in [0.2, 0.25) is 11.8 Å². The van der Waals surface area contributed by atoms with Crippen molar-refractivity contribution in [2.75, 3.05) is 25.7 Å². The third-order valence-corrected chi connectivity index (χ3v) is 19.4. The van der Waals surface area contributed by atoms with Gasteiger partial charge in [0, 0.05) is 72.8 Å². The number of methoxy groups -OCH3 is 2. The molecule has 9 rings (SSSR count). The van der Waals surface area contributed by atoms with Gasteiger partial charge in [-0.3, -0.25) is 19.4 Å². The highest BCUT2D eigenvalue weighted by Crippen LogP contribution is 2.42. The van der Waals surface area contributed by atoms with Crippen molar-refractivity contribution in [1.82, 2.24) is 20.4 Å². The predicted octanol–water partition coefficient (Wildman–Crippen LogP) is 12.1. The zero-order valence-corrected chi connectivity index (χ0v) is 55.4. The molecule has 6 aromatic carbocycles. The van der Waals surface area contributed by atoms with E-state index in [1.54, 1.807) is 0 Å². The maximum Gasteiger partial charge on any atom is 0.329 e. The largest absolute Gasteiger partial charge is 0.507 e. The van der Waals surface area contributed by atoms with Gasteiger partial charge in [-0.05, 0) is 90.1 Å². The van der Waals surface area contributed by atoms with Crippen molar-refractivity contribution >= 4 is 45.3 Å². The lowest BCUT2D eigenvalue weighted by molar-refractivity contribution is -0.145. The Bertz CT molecular complexity index is 3140. The van der Waals surface area contributed by atoms with Gasteiger partial charge in [-0.25, -0.2) is 9.59 Å². The lowest BCUT2D eigenvalue weighted by Gasteiger charge is -2.34. The summed E-state index contributed by atoms with van der Waals surface area (Å²) in [5, 5.41) is 58.3. The number of nitrogens with zero attached hydrogens (tertiary/aromatic N) is 2. The van der Waals surface area contributed by atoms with Gasteiger partial charge in [-0.1, -0.05) is 214 Å². The molecule has 0 aliphatic carbocycles. The summed E-state index contributed by atoms with van der Waals surface area (Å²) in [7, 11) is 4.93. The number of phenols is 4. The van der Waals surface area contributed by atoms with E-state index in [1.165, 1.54) is 35.8 Å². The molecule has 3 heterocycles. The second-order valence-electron chi connectivity index (χ2n) is 27.9. The van der Waals surface area contributed by atoms with Crippen LogP contribution >= 0.6 is 21.6 Å². The molecule has 0 fully saturated rings. The van der Waals surface area contributed by atoms with Crippen LogP contribution in [0.25, 0.3) is 0 Å². The molecule has 88 heavy (non-hydrogen) atoms. The van der Waals surface area contributed by atoms with E-state index in [-0.39, 0.29) is 86.4 Å². The number of carbonyl (C=O) groups excluding carboxylic acids is 4. The number of phenolic OH excluding ortho intramolecular Hbond substituents is 4. The van der Waals surface area contributed by atoms with Gasteiger partial charge >= 0.3 is 11.9 Å². The molecule has 2 amide bonds. The minimum absolute atomic E-state index is 0.00000708. The van der Waals surface area contributed by atoms with Crippen LogP contribution in [-0.2, 0) is 102 Å². The normalized spacial score (nSPS) is 20.3. The first-order valence-electron chi connectivity index (χ1n) is 30.3. The number of hydrogen-bond acceptors (Lipinski definition) is 14. The Kier molecular flexibility index (Phi) is 20.9. The number of amides is 2. The smallest absolute Gasteiger partial charge is 0.329 e. The fourth-order valence-corrected chi connectivity index (χ4v) is 13.8. The van der Waals surface area contributed by atoms with Crippen molar-refractivity contribution in [1.29, 1.82) is 0 Å². The first-order valence-corrected chi connectivity index (χ1v) is 32.8. The maximum absolute atomic E-state index is 15.7. The van der Waals surface area contributed by atoms with Gasteiger partial charge in [0.1, 0.15) is 35.1 Å². The van der Waals surface area contributed by atoms with E-state index in [0.29, 0.717) is 44.5 Å². The summed E-state index contributed by atoms with van der Waals surface area (Å²) in [5.41, 5.74) is 7.39. The van der Waals surface area contributed by atoms with Crippen LogP contribution in [0.4, 0.5) is 0 Å². The fourth-order valence-electron chi connectivity index (χ4n) is 11.5. The van der Waals surface area contributed by atoms with E-state index in [9.17, 15) is 30.0 Å². The molecule has 0 saturated carbocycles. The number of rotatable bonds is 6. The Morgan fingerprint density at radius 2 is 0.693 bits per heavy atom. The van der Waals surface area contributed by atoms with E-state index >= 15 is 9.59 Å². The molecule has 6 aromatic rings. The van der Waals surface area contributed by atoms with Crippen LogP contribution in [0.3, 0.4) is 0 Å². The summed E-state index contributed by atoms with van der Waals surface area (Å²) in [5.74, 6) is -2.60. The lowest BCUT2D eigenvalue weighted by atomic mass is 9.81. The first kappa shape index (κ1) is 67.0. The second kappa shape index (κ2) is 27.4. The molecule has 0 aromatic heterocycles. The highest BCUT2D eigenvalue weighted by Gasteiger charge is 2.37. The Labute approximate surface area is 528 Å². The highest BCUT2D eigenvalue weighted by molar-refractivity contribution is 8.76. The van der Waals surface area contributed by atoms with Crippen LogP contribution in [0.5, 0.6) is 23.0 Å². The third-order valence-electron chi connectivity index (χ3n) is 17.0. The minimum atomic E-state index is -1.19. The number of aromatic hydroxyl groups is 4. The molecule has 3 aliphatic rings. The van der Waals surface area contributed by atoms with Gasteiger partial charge in [0.25, 0.3) is 0 Å². The van der Waals surface area contributed by atoms with E-state index in [0.717, 1.165) is 33.4 Å². The number of esters is 2. The number of hydrogen-bond donors (Lipinski definition) is 6. The Morgan fingerprint density at radius 3 is 0.932 bits per heavy atom. The van der Waals surface area contributed by atoms with Crippen molar-refractivity contribution in [2.45, 2.75) is 181 Å². The number of ether oxygens (including phenoxy) is 2. The average molecular weight is 1240 g/mol. The highest BCUT2D eigenvalue weighted by atomic mass is 33.1. The van der Waals surface area contributed by atoms with Gasteiger partial charge in [-0.15, -0.1) is 0 Å². The van der Waals surface area contributed by atoms with Crippen LogP contribution in [0, 0.1) is 0 Å². The van der Waals surface area contributed by atoms with E-state index in [1.807, 2.05) is 119 Å². The number of carbonyl (C=O) groups is 4. The predicted molar refractivity (Wildman–Crippen MR) is 352 cm³/mol. The summed E-state index contributed by atoms with van der Waals surface area (Å²) >= 11 is 0. The molecule has 0 saturated heterocycles. The molecule has 470 valence electrons. The molecule has 1 unspecified atom stereocenters. The molecule has 6 N–H and O–H groups in total. The summed E-state index contributed by atoms with van der Waals surface area (Å²) < 4.78 is 10.7. The minimum Gasteiger partial charge on any atom is -0.507 e. The van der Waals surface area contributed by atoms with E-state index in [2.05, 4.69) is 93.7 Å². The maximum atomic E-state index is 15.7. The molecule has 16 heteroatoms. The van der Waals surface area contributed by atoms with E-state index in [4.69, 9.17) is 9.47 Å². The number of nitrogens with one attached hydrogen (secondary N) is 2. The summed E-state index contributed by atoms with van der Waals surface area (Å²) in [6.07, 6.45) is 0.410. The lowest BCUT2D eigenvalue weighted by Crippen LogP contribution is -2.53. The monoisotopic (exact) mass is 1230 g/mol. The Hall–Kier alpha value is -6.98. The summed E-state index contributed by atoms with van der Waals surface area (Å²) in [6, 6.07) is 30.3. The molecule has 3 aliphatic heterocycles. The SMILES string of the molecule is COC(=O)C1CSSC[C@H](C(=O)OC)NC(=O)[C@H](Cc2ccccc2)N2Cc3cc(C(C)(C)C)cc(c3O)Cc3cc(C(C)(C)C)cc(c3O)CN(Cc3cc(C(C)(C)C)cc(c3O)Cc3cc(C(C)(C)C)cc(c3O)C2)[C@@H](Cc2ccccc2)C(=O)N1. The number of fused-ring (bicyclic) bond motifs is 11. The molecule has 0 radical (unpaired) electrons. The third kappa shape index (κ3) is 16.3. The average Bonchev–Trinajstić information content (AvgIpc) is 1.60. The van der Waals surface area contributed by atoms with Crippen LogP contribution in [-0.4, -0.2) is 104 Å². The van der Waals surface area contributed by atoms with Gasteiger partial charge in [-0.2, -0.15) is 0 Å². The molecule has 4 atom stereocenters. The molecule has 0 spiro atoms. The Morgan fingerprint density at radius 1 is 0.443 bits per heavy atom. The van der Waals surface area contributed by atoms with Crippen LogP contribution in [0.2, 0.25) is 0 Å². The van der Waals surface area contributed by atoms with Gasteiger partial charge < -0.3 is 40.5 Å². The number of benzene rings is 6. The zero-order valence-electron chi connectivity index (χ0n) is 53.7. The second-order valence-corrected chi connectivity index (χ2v) is 30.4. The van der Waals surface area contributed by atoms with Crippen molar-refractivity contribution in [3.05, 3.63) is 187 Å². The fraction of sp³-hybridized carbons (Fsp3) is 0.444. The topological polar surface area (TPSA) is 198 Å². The molecule has 14 nitrogen and oxygen atoms in total. The standard InChI is InChI=1S/C72H90N4O10S2/c1-69(2,3)53-29-45-27-46-30-54(70(4,5)6)35-51(62(46)78)39-76-40-52-36-56(72(10,11)12)32-48(64(52)80)28-47-31-55(71(7,8)9)34-50(63(47)79)38-75(37-49(33-53)61(45)77)59(25-43-21-17-15-18-22-43)65(81)73-57(67(83)85-13)41-87-88-42-58(68(84)86-14)74-66(82)60(76)26-44-23-19-16-20-24-44/h15-24,29-36,57-60,77-80H,25-28,37-42H2,1-14H3,(H,73,81)(H,74,82)/t57-,58?,59+,60+/m1/s1. The summed E-state index contributed by atoms with van der Waals surface area (Å²) in [4.78, 5) is 63.2. The van der Waals surface area contributed by atoms with Crippen molar-refractivity contribution < 1.29 is 49.1 Å². The van der Waals surface area contributed by atoms with Crippen molar-refractivity contribution in [3.63, 3.8) is 0 Å². The molecular weight excluding hydrogens is 1140 g/mol. The molecular formula is C72H90N4O10S2. The Balaban J connectivity index is 1.52. The van der Waals surface area contributed by atoms with Crippen molar-refractivity contribution in [3.8, 4) is 23.0 Å². The zero-order chi connectivity index (χ0) is 64.2. The van der Waals surface area contributed by atoms with Crippen LogP contribution in [0.1, 0.15) is 161 Å². The molecule has 10 bridgehead atoms. The van der Waals surface area contributed by atoms with Gasteiger partial charge in [0.05, 0.1) is 26.3 Å².